The predicted octanol–water partition coefficient (Wildman–Crippen LogP) is 3.87. The maximum atomic E-state index is 13.0. The van der Waals surface area contributed by atoms with Gasteiger partial charge in [0.15, 0.2) is 0 Å². The molecular weight excluding hydrogens is 302 g/mol. The maximum Gasteiger partial charge on any atom is 0.305 e. The normalized spacial score (nSPS) is 25.6. The third kappa shape index (κ3) is 4.71. The molecule has 1 aliphatic heterocycles. The Balaban J connectivity index is 2.03. The quantitative estimate of drug-likeness (QED) is 0.737. The van der Waals surface area contributed by atoms with Crippen LogP contribution in [0.4, 0.5) is 0 Å². The molecule has 0 aromatic carbocycles. The smallest absolute Gasteiger partial charge is 0.305 e. The molecule has 4 heteroatoms. The highest BCUT2D eigenvalue weighted by atomic mass is 16.5. The number of carbonyl (C=O) groups excluding carboxylic acids is 2. The average molecular weight is 333 g/mol. The fourth-order valence-corrected chi connectivity index (χ4v) is 3.60. The molecule has 0 bridgehead atoms. The van der Waals surface area contributed by atoms with Gasteiger partial charge in [0.25, 0.3) is 5.91 Å². The number of amides is 1. The van der Waals surface area contributed by atoms with E-state index in [2.05, 4.69) is 26.8 Å². The van der Waals surface area contributed by atoms with Crippen LogP contribution < -0.4 is 0 Å². The van der Waals surface area contributed by atoms with Crippen molar-refractivity contribution in [2.45, 2.75) is 59.3 Å². The molecule has 134 valence electrons. The number of piperidine rings is 1. The van der Waals surface area contributed by atoms with Crippen LogP contribution >= 0.6 is 0 Å². The molecule has 0 aromatic heterocycles. The summed E-state index contributed by atoms with van der Waals surface area (Å²) in [5, 5.41) is 0. The molecule has 2 rings (SSSR count). The van der Waals surface area contributed by atoms with Crippen LogP contribution in [0.3, 0.4) is 0 Å². The fourth-order valence-electron chi connectivity index (χ4n) is 3.60. The molecular formula is C20H31NO3. The summed E-state index contributed by atoms with van der Waals surface area (Å²) in [6.45, 7) is 7.95. The molecule has 1 heterocycles. The van der Waals surface area contributed by atoms with Gasteiger partial charge in [-0.15, -0.1) is 0 Å². The van der Waals surface area contributed by atoms with Crippen molar-refractivity contribution in [2.75, 3.05) is 20.2 Å². The van der Waals surface area contributed by atoms with Crippen molar-refractivity contribution in [3.63, 3.8) is 0 Å². The molecule has 2 aliphatic rings. The van der Waals surface area contributed by atoms with Crippen LogP contribution in [-0.4, -0.2) is 37.0 Å². The number of allylic oxidation sites excluding steroid dienone is 2. The molecule has 0 saturated carbocycles. The standard InChI is InChI=1S/C20H31NO3/c1-14-6-5-7-15(2)18(12-16(14)3)20(23)21-10-8-17(9-11-21)13-19(22)24-4/h12,14,17H,5-11,13H2,1-4H3/b16-12-,18-15?. The number of esters is 1. The first kappa shape index (κ1) is 18.8. The van der Waals surface area contributed by atoms with Gasteiger partial charge in [0.05, 0.1) is 7.11 Å². The van der Waals surface area contributed by atoms with Crippen molar-refractivity contribution in [3.05, 3.63) is 22.8 Å². The van der Waals surface area contributed by atoms with E-state index >= 15 is 0 Å². The van der Waals surface area contributed by atoms with E-state index in [9.17, 15) is 9.59 Å². The summed E-state index contributed by atoms with van der Waals surface area (Å²) in [6.07, 6.45) is 7.70. The molecule has 0 radical (unpaired) electrons. The third-order valence-corrected chi connectivity index (χ3v) is 5.61. The van der Waals surface area contributed by atoms with Gasteiger partial charge < -0.3 is 9.64 Å². The number of carbonyl (C=O) groups is 2. The number of likely N-dealkylation sites (tertiary alicyclic amines) is 1. The molecule has 1 unspecified atom stereocenters. The number of hydrogen-bond donors (Lipinski definition) is 0. The topological polar surface area (TPSA) is 46.6 Å². The zero-order valence-electron chi connectivity index (χ0n) is 15.6. The van der Waals surface area contributed by atoms with E-state index < -0.39 is 0 Å². The second-order valence-electron chi connectivity index (χ2n) is 7.39. The third-order valence-electron chi connectivity index (χ3n) is 5.61. The molecule has 1 atom stereocenters. The molecule has 0 spiro atoms. The van der Waals surface area contributed by atoms with Crippen LogP contribution in [0.5, 0.6) is 0 Å². The van der Waals surface area contributed by atoms with E-state index in [1.54, 1.807) is 0 Å². The summed E-state index contributed by atoms with van der Waals surface area (Å²) >= 11 is 0. The van der Waals surface area contributed by atoms with E-state index in [1.165, 1.54) is 24.7 Å². The first-order chi connectivity index (χ1) is 11.4. The second kappa shape index (κ2) is 8.50. The van der Waals surface area contributed by atoms with Crippen molar-refractivity contribution >= 4 is 11.9 Å². The van der Waals surface area contributed by atoms with Crippen molar-refractivity contribution in [3.8, 4) is 0 Å². The van der Waals surface area contributed by atoms with Crippen molar-refractivity contribution in [1.29, 1.82) is 0 Å². The molecule has 0 N–H and O–H groups in total. The maximum absolute atomic E-state index is 13.0. The Morgan fingerprint density at radius 3 is 2.50 bits per heavy atom. The summed E-state index contributed by atoms with van der Waals surface area (Å²) in [6, 6.07) is 0. The second-order valence-corrected chi connectivity index (χ2v) is 7.39. The Morgan fingerprint density at radius 2 is 1.88 bits per heavy atom. The molecule has 24 heavy (non-hydrogen) atoms. The van der Waals surface area contributed by atoms with Crippen LogP contribution in [0.25, 0.3) is 0 Å². The van der Waals surface area contributed by atoms with Gasteiger partial charge in [-0.3, -0.25) is 9.59 Å². The molecule has 1 amide bonds. The Hall–Kier alpha value is -1.58. The predicted molar refractivity (Wildman–Crippen MR) is 95.4 cm³/mol. The van der Waals surface area contributed by atoms with E-state index in [-0.39, 0.29) is 11.9 Å². The van der Waals surface area contributed by atoms with Crippen LogP contribution in [0.2, 0.25) is 0 Å². The van der Waals surface area contributed by atoms with Crippen LogP contribution in [0.1, 0.15) is 59.3 Å². The van der Waals surface area contributed by atoms with Gasteiger partial charge in [-0.1, -0.05) is 24.1 Å². The van der Waals surface area contributed by atoms with E-state index in [4.69, 9.17) is 4.74 Å². The highest BCUT2D eigenvalue weighted by Gasteiger charge is 2.27. The van der Waals surface area contributed by atoms with Gasteiger partial charge in [-0.25, -0.2) is 0 Å². The SMILES string of the molecule is COC(=O)CC1CCN(C(=O)C2=C(C)CCCC(C)/C(C)=C\2)CC1. The minimum Gasteiger partial charge on any atom is -0.469 e. The van der Waals surface area contributed by atoms with Gasteiger partial charge in [-0.05, 0) is 57.8 Å². The molecule has 1 aliphatic carbocycles. The Labute approximate surface area is 145 Å². The van der Waals surface area contributed by atoms with Crippen LogP contribution in [0, 0.1) is 11.8 Å². The number of rotatable bonds is 3. The largest absolute Gasteiger partial charge is 0.469 e. The van der Waals surface area contributed by atoms with Gasteiger partial charge >= 0.3 is 5.97 Å². The van der Waals surface area contributed by atoms with Crippen molar-refractivity contribution in [2.24, 2.45) is 11.8 Å². The summed E-state index contributed by atoms with van der Waals surface area (Å²) in [5.41, 5.74) is 3.41. The average Bonchev–Trinajstić information content (AvgIpc) is 2.58. The zero-order valence-corrected chi connectivity index (χ0v) is 15.6. The highest BCUT2D eigenvalue weighted by Crippen LogP contribution is 2.28. The number of methoxy groups -OCH3 is 1. The van der Waals surface area contributed by atoms with Crippen LogP contribution in [-0.2, 0) is 14.3 Å². The van der Waals surface area contributed by atoms with E-state index in [0.29, 0.717) is 18.3 Å². The lowest BCUT2D eigenvalue weighted by Crippen LogP contribution is -2.39. The number of ether oxygens (including phenoxy) is 1. The van der Waals surface area contributed by atoms with Crippen molar-refractivity contribution in [1.82, 2.24) is 4.90 Å². The Kier molecular flexibility index (Phi) is 6.64. The first-order valence-corrected chi connectivity index (χ1v) is 9.16. The Bertz CT molecular complexity index is 539. The number of nitrogens with zero attached hydrogens (tertiary/aromatic N) is 1. The zero-order chi connectivity index (χ0) is 17.7. The minimum absolute atomic E-state index is 0.147. The van der Waals surface area contributed by atoms with E-state index in [1.807, 2.05) is 4.90 Å². The lowest BCUT2D eigenvalue weighted by atomic mass is 9.88. The lowest BCUT2D eigenvalue weighted by Gasteiger charge is -2.32. The van der Waals surface area contributed by atoms with Gasteiger partial charge in [0.2, 0.25) is 0 Å². The fraction of sp³-hybridized carbons (Fsp3) is 0.700. The van der Waals surface area contributed by atoms with Crippen molar-refractivity contribution < 1.29 is 14.3 Å². The Morgan fingerprint density at radius 1 is 1.21 bits per heavy atom. The molecule has 0 aromatic rings. The van der Waals surface area contributed by atoms with Crippen LogP contribution in [0.15, 0.2) is 22.8 Å². The monoisotopic (exact) mass is 333 g/mol. The number of hydrogen-bond acceptors (Lipinski definition) is 3. The summed E-state index contributed by atoms with van der Waals surface area (Å²) in [7, 11) is 1.43. The van der Waals surface area contributed by atoms with Gasteiger partial charge in [0, 0.05) is 25.1 Å². The van der Waals surface area contributed by atoms with Gasteiger partial charge in [0.1, 0.15) is 0 Å². The first-order valence-electron chi connectivity index (χ1n) is 9.16. The molecule has 1 fully saturated rings. The summed E-state index contributed by atoms with van der Waals surface area (Å²) in [4.78, 5) is 26.4. The summed E-state index contributed by atoms with van der Waals surface area (Å²) < 4.78 is 4.75. The highest BCUT2D eigenvalue weighted by molar-refractivity contribution is 5.97. The minimum atomic E-state index is -0.147. The summed E-state index contributed by atoms with van der Waals surface area (Å²) in [5.74, 6) is 0.904. The van der Waals surface area contributed by atoms with Gasteiger partial charge in [-0.2, -0.15) is 0 Å². The lowest BCUT2D eigenvalue weighted by molar-refractivity contribution is -0.142. The van der Waals surface area contributed by atoms with E-state index in [0.717, 1.165) is 44.3 Å². The molecule has 4 nitrogen and oxygen atoms in total. The molecule has 1 saturated heterocycles.